The van der Waals surface area contributed by atoms with Crippen LogP contribution in [0.25, 0.3) is 0 Å². The zero-order valence-corrected chi connectivity index (χ0v) is 13.9. The third-order valence-electron chi connectivity index (χ3n) is 3.58. The number of ether oxygens (including phenoxy) is 1. The highest BCUT2D eigenvalue weighted by Crippen LogP contribution is 2.23. The van der Waals surface area contributed by atoms with Gasteiger partial charge in [0.25, 0.3) is 0 Å². The van der Waals surface area contributed by atoms with Crippen molar-refractivity contribution in [2.75, 3.05) is 6.54 Å². The summed E-state index contributed by atoms with van der Waals surface area (Å²) in [7, 11) is 0. The summed E-state index contributed by atoms with van der Waals surface area (Å²) in [6, 6.07) is 4.35. The van der Waals surface area contributed by atoms with Crippen LogP contribution in [-0.4, -0.2) is 29.6 Å². The summed E-state index contributed by atoms with van der Waals surface area (Å²) in [6.07, 6.45) is 6.96. The van der Waals surface area contributed by atoms with Crippen molar-refractivity contribution in [2.45, 2.75) is 65.1 Å². The van der Waals surface area contributed by atoms with Crippen molar-refractivity contribution in [3.63, 3.8) is 0 Å². The van der Waals surface area contributed by atoms with Crippen molar-refractivity contribution in [3.8, 4) is 5.88 Å². The fraction of sp³-hybridized carbons (Fsp3) is 0.647. The van der Waals surface area contributed by atoms with Crippen molar-refractivity contribution >= 4 is 5.96 Å². The molecule has 0 amide bonds. The quantitative estimate of drug-likeness (QED) is 0.627. The smallest absolute Gasteiger partial charge is 0.213 e. The summed E-state index contributed by atoms with van der Waals surface area (Å²) >= 11 is 0. The average Bonchev–Trinajstić information content (AvgIpc) is 2.98. The highest BCUT2D eigenvalue weighted by Gasteiger charge is 2.16. The third-order valence-corrected chi connectivity index (χ3v) is 3.58. The Labute approximate surface area is 133 Å². The maximum Gasteiger partial charge on any atom is 0.213 e. The van der Waals surface area contributed by atoms with Gasteiger partial charge in [-0.05, 0) is 58.1 Å². The van der Waals surface area contributed by atoms with Crippen LogP contribution in [0.15, 0.2) is 23.3 Å². The van der Waals surface area contributed by atoms with Crippen LogP contribution in [0.1, 0.15) is 52.0 Å². The van der Waals surface area contributed by atoms with E-state index in [1.54, 1.807) is 6.20 Å². The molecule has 1 aromatic heterocycles. The van der Waals surface area contributed by atoms with E-state index in [0.29, 0.717) is 18.7 Å². The number of hydrogen-bond donors (Lipinski definition) is 2. The zero-order valence-electron chi connectivity index (χ0n) is 13.9. The van der Waals surface area contributed by atoms with E-state index in [-0.39, 0.29) is 0 Å². The first-order chi connectivity index (χ1) is 10.7. The Morgan fingerprint density at radius 3 is 2.86 bits per heavy atom. The molecule has 1 aliphatic carbocycles. The molecular formula is C17H28N4O. The van der Waals surface area contributed by atoms with Gasteiger partial charge in [0.1, 0.15) is 6.10 Å². The molecule has 1 fully saturated rings. The minimum atomic E-state index is 0.339. The number of aromatic nitrogens is 1. The zero-order chi connectivity index (χ0) is 15.8. The molecule has 0 radical (unpaired) electrons. The van der Waals surface area contributed by atoms with Gasteiger partial charge < -0.3 is 15.4 Å². The summed E-state index contributed by atoms with van der Waals surface area (Å²) in [4.78, 5) is 8.92. The Morgan fingerprint density at radius 1 is 1.41 bits per heavy atom. The summed E-state index contributed by atoms with van der Waals surface area (Å²) in [6.45, 7) is 7.74. The summed E-state index contributed by atoms with van der Waals surface area (Å²) in [5, 5.41) is 6.57. The molecule has 0 unspecified atom stereocenters. The van der Waals surface area contributed by atoms with Crippen molar-refractivity contribution in [3.05, 3.63) is 23.9 Å². The molecule has 1 heterocycles. The van der Waals surface area contributed by atoms with E-state index in [1.165, 1.54) is 12.8 Å². The molecule has 0 atom stereocenters. The Kier molecular flexibility index (Phi) is 6.49. The lowest BCUT2D eigenvalue weighted by atomic mass is 10.2. The van der Waals surface area contributed by atoms with Crippen molar-refractivity contribution < 1.29 is 4.74 Å². The first-order valence-corrected chi connectivity index (χ1v) is 8.33. The standard InChI is InChI=1S/C17H28N4O/c1-4-18-17(21-13(2)3)20-12-14-9-10-19-16(11-14)22-15-7-5-6-8-15/h9-11,13,15H,4-8,12H2,1-3H3,(H2,18,20,21). The highest BCUT2D eigenvalue weighted by molar-refractivity contribution is 5.79. The van der Waals surface area contributed by atoms with Crippen LogP contribution in [0, 0.1) is 0 Å². The predicted molar refractivity (Wildman–Crippen MR) is 90.2 cm³/mol. The van der Waals surface area contributed by atoms with Crippen molar-refractivity contribution in [2.24, 2.45) is 4.99 Å². The summed E-state index contributed by atoms with van der Waals surface area (Å²) < 4.78 is 5.94. The monoisotopic (exact) mass is 304 g/mol. The topological polar surface area (TPSA) is 58.5 Å². The molecule has 1 saturated carbocycles. The Morgan fingerprint density at radius 2 is 2.18 bits per heavy atom. The van der Waals surface area contributed by atoms with Crippen molar-refractivity contribution in [1.82, 2.24) is 15.6 Å². The Balaban J connectivity index is 1.95. The average molecular weight is 304 g/mol. The maximum absolute atomic E-state index is 5.94. The van der Waals surface area contributed by atoms with Gasteiger partial charge in [0.2, 0.25) is 5.88 Å². The second-order valence-corrected chi connectivity index (χ2v) is 6.02. The molecule has 5 heteroatoms. The SMILES string of the molecule is CCNC(=NCc1ccnc(OC2CCCC2)c1)NC(C)C. The molecule has 2 N–H and O–H groups in total. The van der Waals surface area contributed by atoms with Gasteiger partial charge in [0.15, 0.2) is 5.96 Å². The highest BCUT2D eigenvalue weighted by atomic mass is 16.5. The minimum absolute atomic E-state index is 0.339. The molecule has 1 aliphatic rings. The van der Waals surface area contributed by atoms with E-state index in [9.17, 15) is 0 Å². The van der Waals surface area contributed by atoms with E-state index in [2.05, 4.69) is 41.4 Å². The van der Waals surface area contributed by atoms with Crippen LogP contribution in [0.2, 0.25) is 0 Å². The lowest BCUT2D eigenvalue weighted by Crippen LogP contribution is -2.40. The number of nitrogens with one attached hydrogen (secondary N) is 2. The fourth-order valence-electron chi connectivity index (χ4n) is 2.55. The van der Waals surface area contributed by atoms with Crippen molar-refractivity contribution in [1.29, 1.82) is 0 Å². The molecule has 0 aromatic carbocycles. The normalized spacial score (nSPS) is 16.1. The Hall–Kier alpha value is -1.78. The number of aliphatic imine (C=N–C) groups is 1. The molecule has 1 aromatic rings. The Bertz CT molecular complexity index is 481. The maximum atomic E-state index is 5.94. The lowest BCUT2D eigenvalue weighted by Gasteiger charge is -2.14. The van der Waals surface area contributed by atoms with Crippen LogP contribution in [0.5, 0.6) is 5.88 Å². The second kappa shape index (κ2) is 8.61. The lowest BCUT2D eigenvalue weighted by molar-refractivity contribution is 0.201. The largest absolute Gasteiger partial charge is 0.474 e. The van der Waals surface area contributed by atoms with Gasteiger partial charge in [-0.15, -0.1) is 0 Å². The predicted octanol–water partition coefficient (Wildman–Crippen LogP) is 2.87. The summed E-state index contributed by atoms with van der Waals surface area (Å²) in [5.41, 5.74) is 1.11. The van der Waals surface area contributed by atoms with Gasteiger partial charge in [-0.1, -0.05) is 0 Å². The molecule has 0 aliphatic heterocycles. The van der Waals surface area contributed by atoms with E-state index in [0.717, 1.165) is 36.8 Å². The van der Waals surface area contributed by atoms with Crippen LogP contribution >= 0.6 is 0 Å². The van der Waals surface area contributed by atoms with Gasteiger partial charge >= 0.3 is 0 Å². The number of nitrogens with zero attached hydrogens (tertiary/aromatic N) is 2. The van der Waals surface area contributed by atoms with E-state index in [1.807, 2.05) is 12.1 Å². The van der Waals surface area contributed by atoms with Gasteiger partial charge in [-0.2, -0.15) is 0 Å². The van der Waals surface area contributed by atoms with Crippen LogP contribution in [0.3, 0.4) is 0 Å². The number of guanidine groups is 1. The molecule has 122 valence electrons. The number of pyridine rings is 1. The summed E-state index contributed by atoms with van der Waals surface area (Å²) in [5.74, 6) is 1.56. The van der Waals surface area contributed by atoms with E-state index < -0.39 is 0 Å². The van der Waals surface area contributed by atoms with Crippen LogP contribution < -0.4 is 15.4 Å². The van der Waals surface area contributed by atoms with Gasteiger partial charge in [-0.25, -0.2) is 9.98 Å². The fourth-order valence-corrected chi connectivity index (χ4v) is 2.55. The molecule has 22 heavy (non-hydrogen) atoms. The number of rotatable bonds is 6. The van der Waals surface area contributed by atoms with E-state index >= 15 is 0 Å². The van der Waals surface area contributed by atoms with Crippen LogP contribution in [-0.2, 0) is 6.54 Å². The minimum Gasteiger partial charge on any atom is -0.474 e. The van der Waals surface area contributed by atoms with Gasteiger partial charge in [0, 0.05) is 24.8 Å². The molecule has 0 bridgehead atoms. The van der Waals surface area contributed by atoms with E-state index in [4.69, 9.17) is 4.74 Å². The second-order valence-electron chi connectivity index (χ2n) is 6.02. The van der Waals surface area contributed by atoms with Gasteiger partial charge in [0.05, 0.1) is 6.54 Å². The van der Waals surface area contributed by atoms with Gasteiger partial charge in [-0.3, -0.25) is 0 Å². The van der Waals surface area contributed by atoms with Crippen LogP contribution in [0.4, 0.5) is 0 Å². The first kappa shape index (κ1) is 16.6. The molecule has 0 saturated heterocycles. The molecule has 0 spiro atoms. The first-order valence-electron chi connectivity index (χ1n) is 8.33. The molecule has 2 rings (SSSR count). The number of hydrogen-bond acceptors (Lipinski definition) is 3. The molecule has 5 nitrogen and oxygen atoms in total. The molecular weight excluding hydrogens is 276 g/mol. The third kappa shape index (κ3) is 5.54.